The molecule has 0 unspecified atom stereocenters. The van der Waals surface area contributed by atoms with E-state index in [4.69, 9.17) is 11.6 Å². The Bertz CT molecular complexity index is 605. The molecule has 2 aromatic rings. The minimum atomic E-state index is -0.392. The van der Waals surface area contributed by atoms with E-state index in [1.807, 2.05) is 13.8 Å². The van der Waals surface area contributed by atoms with Crippen LogP contribution < -0.4 is 0 Å². The van der Waals surface area contributed by atoms with Crippen LogP contribution in [-0.2, 0) is 13.0 Å². The molecule has 0 fully saturated rings. The van der Waals surface area contributed by atoms with Gasteiger partial charge in [-0.3, -0.25) is 4.79 Å². The van der Waals surface area contributed by atoms with Gasteiger partial charge in [0, 0.05) is 10.6 Å². The molecule has 0 atom stereocenters. The van der Waals surface area contributed by atoms with Crippen LogP contribution in [0.2, 0.25) is 5.02 Å². The number of rotatable bonds is 5. The molecule has 0 saturated carbocycles. The van der Waals surface area contributed by atoms with Gasteiger partial charge >= 0.3 is 0 Å². The summed E-state index contributed by atoms with van der Waals surface area (Å²) in [5.41, 5.74) is 1.35. The van der Waals surface area contributed by atoms with Crippen LogP contribution in [0, 0.1) is 11.7 Å². The van der Waals surface area contributed by atoms with Crippen molar-refractivity contribution in [2.75, 3.05) is 0 Å². The van der Waals surface area contributed by atoms with Crippen molar-refractivity contribution in [3.05, 3.63) is 46.0 Å². The fourth-order valence-electron chi connectivity index (χ4n) is 1.99. The lowest BCUT2D eigenvalue weighted by atomic mass is 10.1. The normalized spacial score (nSPS) is 11.1. The molecule has 106 valence electrons. The molecule has 1 aromatic heterocycles. The molecule has 4 nitrogen and oxygen atoms in total. The maximum absolute atomic E-state index is 13.8. The van der Waals surface area contributed by atoms with Gasteiger partial charge in [-0.05, 0) is 24.5 Å². The van der Waals surface area contributed by atoms with Crippen LogP contribution in [0.3, 0.4) is 0 Å². The van der Waals surface area contributed by atoms with Gasteiger partial charge in [-0.25, -0.2) is 9.07 Å². The van der Waals surface area contributed by atoms with Crippen molar-refractivity contribution >= 4 is 17.9 Å². The van der Waals surface area contributed by atoms with E-state index < -0.39 is 5.82 Å². The molecule has 0 bridgehead atoms. The summed E-state index contributed by atoms with van der Waals surface area (Å²) in [5.74, 6) is -0.0572. The molecular weight excluding hydrogens is 281 g/mol. The molecule has 0 aliphatic carbocycles. The number of aromatic nitrogens is 3. The van der Waals surface area contributed by atoms with Crippen molar-refractivity contribution in [1.29, 1.82) is 0 Å². The summed E-state index contributed by atoms with van der Waals surface area (Å²) < 4.78 is 15.3. The highest BCUT2D eigenvalue weighted by atomic mass is 35.5. The second kappa shape index (κ2) is 6.13. The first-order chi connectivity index (χ1) is 9.52. The number of carbonyl (C=O) groups is 1. The van der Waals surface area contributed by atoms with Crippen molar-refractivity contribution in [3.63, 3.8) is 0 Å². The summed E-state index contributed by atoms with van der Waals surface area (Å²) in [6.07, 6.45) is 1.32. The number of aldehydes is 1. The highest BCUT2D eigenvalue weighted by molar-refractivity contribution is 6.31. The quantitative estimate of drug-likeness (QED) is 0.796. The van der Waals surface area contributed by atoms with E-state index in [1.165, 1.54) is 10.7 Å². The zero-order valence-electron chi connectivity index (χ0n) is 11.3. The van der Waals surface area contributed by atoms with E-state index in [0.717, 1.165) is 0 Å². The summed E-state index contributed by atoms with van der Waals surface area (Å²) in [6, 6.07) is 4.52. The molecule has 1 heterocycles. The monoisotopic (exact) mass is 295 g/mol. The van der Waals surface area contributed by atoms with E-state index in [2.05, 4.69) is 10.3 Å². The smallest absolute Gasteiger partial charge is 0.172 e. The van der Waals surface area contributed by atoms with Crippen molar-refractivity contribution in [3.8, 4) is 0 Å². The fraction of sp³-hybridized carbons (Fsp3) is 0.357. The van der Waals surface area contributed by atoms with Crippen LogP contribution in [0.25, 0.3) is 0 Å². The topological polar surface area (TPSA) is 47.8 Å². The van der Waals surface area contributed by atoms with Gasteiger partial charge in [0.15, 0.2) is 6.29 Å². The maximum Gasteiger partial charge on any atom is 0.172 e. The molecule has 20 heavy (non-hydrogen) atoms. The second-order valence-electron chi connectivity index (χ2n) is 5.00. The summed E-state index contributed by atoms with van der Waals surface area (Å²) in [7, 11) is 0. The van der Waals surface area contributed by atoms with Gasteiger partial charge in [-0.2, -0.15) is 0 Å². The zero-order chi connectivity index (χ0) is 14.7. The van der Waals surface area contributed by atoms with Crippen molar-refractivity contribution < 1.29 is 9.18 Å². The van der Waals surface area contributed by atoms with E-state index in [-0.39, 0.29) is 6.54 Å². The lowest BCUT2D eigenvalue weighted by Crippen LogP contribution is -2.11. The fourth-order valence-corrected chi connectivity index (χ4v) is 2.22. The first-order valence-electron chi connectivity index (χ1n) is 6.33. The van der Waals surface area contributed by atoms with Gasteiger partial charge in [0.25, 0.3) is 0 Å². The SMILES string of the molecule is CC(C)Cc1c(C=O)nnn1Cc1c(F)cccc1Cl. The lowest BCUT2D eigenvalue weighted by Gasteiger charge is -2.10. The molecule has 0 amide bonds. The summed E-state index contributed by atoms with van der Waals surface area (Å²) in [5, 5.41) is 8.09. The van der Waals surface area contributed by atoms with Crippen LogP contribution in [0.15, 0.2) is 18.2 Å². The van der Waals surface area contributed by atoms with E-state index in [0.29, 0.717) is 40.6 Å². The van der Waals surface area contributed by atoms with Crippen LogP contribution in [-0.4, -0.2) is 21.3 Å². The number of halogens is 2. The number of carbonyl (C=O) groups excluding carboxylic acids is 1. The molecular formula is C14H15ClFN3O. The molecule has 0 N–H and O–H groups in total. The van der Waals surface area contributed by atoms with E-state index in [9.17, 15) is 9.18 Å². The Morgan fingerprint density at radius 3 is 2.80 bits per heavy atom. The Hall–Kier alpha value is -1.75. The number of hydrogen-bond acceptors (Lipinski definition) is 3. The van der Waals surface area contributed by atoms with Gasteiger partial charge in [0.1, 0.15) is 11.5 Å². The Labute approximate surface area is 121 Å². The maximum atomic E-state index is 13.8. The van der Waals surface area contributed by atoms with Crippen LogP contribution in [0.5, 0.6) is 0 Å². The molecule has 6 heteroatoms. The van der Waals surface area contributed by atoms with Crippen molar-refractivity contribution in [2.24, 2.45) is 5.92 Å². The summed E-state index contributed by atoms with van der Waals surface area (Å²) in [4.78, 5) is 11.0. The minimum absolute atomic E-state index is 0.161. The highest BCUT2D eigenvalue weighted by Crippen LogP contribution is 2.21. The van der Waals surface area contributed by atoms with Gasteiger partial charge in [0.2, 0.25) is 0 Å². The van der Waals surface area contributed by atoms with E-state index in [1.54, 1.807) is 12.1 Å². The molecule has 0 spiro atoms. The average molecular weight is 296 g/mol. The largest absolute Gasteiger partial charge is 0.296 e. The first kappa shape index (κ1) is 14.7. The van der Waals surface area contributed by atoms with Crippen molar-refractivity contribution in [2.45, 2.75) is 26.8 Å². The number of benzene rings is 1. The van der Waals surface area contributed by atoms with Crippen LogP contribution in [0.1, 0.15) is 35.6 Å². The predicted molar refractivity (Wildman–Crippen MR) is 74.5 cm³/mol. The highest BCUT2D eigenvalue weighted by Gasteiger charge is 2.16. The zero-order valence-corrected chi connectivity index (χ0v) is 12.1. The minimum Gasteiger partial charge on any atom is -0.296 e. The van der Waals surface area contributed by atoms with Crippen LogP contribution >= 0.6 is 11.6 Å². The van der Waals surface area contributed by atoms with Gasteiger partial charge in [0.05, 0.1) is 12.2 Å². The number of nitrogens with zero attached hydrogens (tertiary/aromatic N) is 3. The first-order valence-corrected chi connectivity index (χ1v) is 6.71. The summed E-state index contributed by atoms with van der Waals surface area (Å²) in [6.45, 7) is 4.22. The molecule has 0 saturated heterocycles. The predicted octanol–water partition coefficient (Wildman–Crippen LogP) is 3.13. The Balaban J connectivity index is 2.38. The molecule has 0 radical (unpaired) electrons. The average Bonchev–Trinajstić information content (AvgIpc) is 2.75. The molecule has 0 aliphatic rings. The standard InChI is InChI=1S/C14H15ClFN3O/c1-9(2)6-14-13(8-20)17-18-19(14)7-10-11(15)4-3-5-12(10)16/h3-5,8-9H,6-7H2,1-2H3. The van der Waals surface area contributed by atoms with Crippen LogP contribution in [0.4, 0.5) is 4.39 Å². The lowest BCUT2D eigenvalue weighted by molar-refractivity contribution is 0.111. The van der Waals surface area contributed by atoms with Crippen molar-refractivity contribution in [1.82, 2.24) is 15.0 Å². The Morgan fingerprint density at radius 1 is 1.45 bits per heavy atom. The third kappa shape index (κ3) is 3.04. The Kier molecular flexibility index (Phi) is 4.49. The third-order valence-corrected chi connectivity index (χ3v) is 3.30. The van der Waals surface area contributed by atoms with Gasteiger partial charge in [-0.1, -0.05) is 36.7 Å². The third-order valence-electron chi connectivity index (χ3n) is 2.95. The molecule has 0 aliphatic heterocycles. The molecule has 1 aromatic carbocycles. The van der Waals surface area contributed by atoms with E-state index >= 15 is 0 Å². The second-order valence-corrected chi connectivity index (χ2v) is 5.40. The number of hydrogen-bond donors (Lipinski definition) is 0. The summed E-state index contributed by atoms with van der Waals surface area (Å²) >= 11 is 6.01. The van der Waals surface area contributed by atoms with Gasteiger partial charge in [-0.15, -0.1) is 5.10 Å². The van der Waals surface area contributed by atoms with Gasteiger partial charge < -0.3 is 0 Å². The Morgan fingerprint density at radius 2 is 2.20 bits per heavy atom. The molecule has 2 rings (SSSR count).